The summed E-state index contributed by atoms with van der Waals surface area (Å²) in [6, 6.07) is 0. The SMILES string of the molecule is CCCCCC1(C2CCCCCCO2)CCCCCCC1. The summed E-state index contributed by atoms with van der Waals surface area (Å²) < 4.78 is 6.45. The Kier molecular flexibility index (Phi) is 8.14. The molecule has 1 unspecified atom stereocenters. The molecule has 0 spiro atoms. The molecule has 1 saturated heterocycles. The fourth-order valence-corrected chi connectivity index (χ4v) is 4.65. The minimum atomic E-state index is 0.535. The second kappa shape index (κ2) is 9.87. The first kappa shape index (κ1) is 17.3. The van der Waals surface area contributed by atoms with Gasteiger partial charge in [0.25, 0.3) is 0 Å². The third-order valence-corrected chi connectivity index (χ3v) is 5.99. The van der Waals surface area contributed by atoms with Crippen molar-refractivity contribution in [2.75, 3.05) is 6.61 Å². The molecule has 1 heteroatoms. The molecular formula is C20H38O. The first-order valence-corrected chi connectivity index (χ1v) is 9.99. The number of rotatable bonds is 5. The fraction of sp³-hybridized carbons (Fsp3) is 1.00. The van der Waals surface area contributed by atoms with Crippen molar-refractivity contribution in [1.29, 1.82) is 0 Å². The van der Waals surface area contributed by atoms with Crippen molar-refractivity contribution >= 4 is 0 Å². The van der Waals surface area contributed by atoms with E-state index in [4.69, 9.17) is 4.74 Å². The lowest BCUT2D eigenvalue weighted by molar-refractivity contribution is -0.0709. The Labute approximate surface area is 133 Å². The van der Waals surface area contributed by atoms with Crippen LogP contribution in [0, 0.1) is 5.41 Å². The van der Waals surface area contributed by atoms with Crippen molar-refractivity contribution < 1.29 is 4.74 Å². The monoisotopic (exact) mass is 294 g/mol. The van der Waals surface area contributed by atoms with Crippen LogP contribution in [0.2, 0.25) is 0 Å². The van der Waals surface area contributed by atoms with Crippen molar-refractivity contribution in [3.63, 3.8) is 0 Å². The highest BCUT2D eigenvalue weighted by Gasteiger charge is 2.38. The molecule has 0 radical (unpaired) electrons. The van der Waals surface area contributed by atoms with E-state index >= 15 is 0 Å². The summed E-state index contributed by atoms with van der Waals surface area (Å²) in [5, 5.41) is 0. The van der Waals surface area contributed by atoms with Gasteiger partial charge in [0, 0.05) is 6.61 Å². The van der Waals surface area contributed by atoms with E-state index in [1.54, 1.807) is 0 Å². The van der Waals surface area contributed by atoms with Crippen LogP contribution in [-0.2, 0) is 4.74 Å². The van der Waals surface area contributed by atoms with Gasteiger partial charge in [-0.2, -0.15) is 0 Å². The van der Waals surface area contributed by atoms with E-state index in [-0.39, 0.29) is 0 Å². The Morgan fingerprint density at radius 3 is 2.24 bits per heavy atom. The third-order valence-electron chi connectivity index (χ3n) is 5.99. The van der Waals surface area contributed by atoms with Crippen LogP contribution >= 0.6 is 0 Å². The van der Waals surface area contributed by atoms with Crippen molar-refractivity contribution in [3.05, 3.63) is 0 Å². The minimum absolute atomic E-state index is 0.535. The van der Waals surface area contributed by atoms with Crippen LogP contribution in [0.25, 0.3) is 0 Å². The fourth-order valence-electron chi connectivity index (χ4n) is 4.65. The zero-order valence-corrected chi connectivity index (χ0v) is 14.5. The molecule has 1 atom stereocenters. The maximum absolute atomic E-state index is 6.45. The van der Waals surface area contributed by atoms with Gasteiger partial charge >= 0.3 is 0 Å². The molecule has 2 fully saturated rings. The van der Waals surface area contributed by atoms with Crippen molar-refractivity contribution in [3.8, 4) is 0 Å². The zero-order chi connectivity index (χ0) is 14.8. The third kappa shape index (κ3) is 5.58. The van der Waals surface area contributed by atoms with Gasteiger partial charge in [0.2, 0.25) is 0 Å². The van der Waals surface area contributed by atoms with Gasteiger partial charge in [-0.25, -0.2) is 0 Å². The average molecular weight is 295 g/mol. The molecule has 21 heavy (non-hydrogen) atoms. The first-order valence-electron chi connectivity index (χ1n) is 9.99. The molecule has 1 nitrogen and oxygen atoms in total. The predicted molar refractivity (Wildman–Crippen MR) is 91.7 cm³/mol. The van der Waals surface area contributed by atoms with Gasteiger partial charge in [-0.1, -0.05) is 77.6 Å². The molecule has 124 valence electrons. The lowest BCUT2D eigenvalue weighted by Crippen LogP contribution is -2.39. The highest BCUT2D eigenvalue weighted by molar-refractivity contribution is 4.89. The standard InChI is InChI=1S/C20H38O/c1-2-3-10-15-20(16-11-6-4-7-12-17-20)19-14-9-5-8-13-18-21-19/h19H,2-18H2,1H3. The second-order valence-corrected chi connectivity index (χ2v) is 7.65. The highest BCUT2D eigenvalue weighted by atomic mass is 16.5. The van der Waals surface area contributed by atoms with Crippen LogP contribution in [0.15, 0.2) is 0 Å². The Morgan fingerprint density at radius 2 is 1.48 bits per heavy atom. The van der Waals surface area contributed by atoms with Crippen molar-refractivity contribution in [2.24, 2.45) is 5.41 Å². The van der Waals surface area contributed by atoms with Gasteiger partial charge in [0.15, 0.2) is 0 Å². The smallest absolute Gasteiger partial charge is 0.0631 e. The van der Waals surface area contributed by atoms with E-state index in [2.05, 4.69) is 6.92 Å². The summed E-state index contributed by atoms with van der Waals surface area (Å²) in [5.74, 6) is 0. The maximum Gasteiger partial charge on any atom is 0.0631 e. The van der Waals surface area contributed by atoms with Gasteiger partial charge in [-0.15, -0.1) is 0 Å². The molecule has 0 bridgehead atoms. The summed E-state index contributed by atoms with van der Waals surface area (Å²) >= 11 is 0. The largest absolute Gasteiger partial charge is 0.378 e. The molecule has 2 rings (SSSR count). The minimum Gasteiger partial charge on any atom is -0.378 e. The number of hydrogen-bond acceptors (Lipinski definition) is 1. The van der Waals surface area contributed by atoms with E-state index < -0.39 is 0 Å². The Balaban J connectivity index is 2.03. The molecule has 1 aliphatic heterocycles. The summed E-state index contributed by atoms with van der Waals surface area (Å²) in [6.45, 7) is 3.36. The van der Waals surface area contributed by atoms with Gasteiger partial charge in [0.1, 0.15) is 0 Å². The molecule has 0 aromatic rings. The van der Waals surface area contributed by atoms with Gasteiger partial charge in [0.05, 0.1) is 6.10 Å². The lowest BCUT2D eigenvalue weighted by atomic mass is 9.67. The van der Waals surface area contributed by atoms with Gasteiger partial charge in [-0.3, -0.25) is 0 Å². The summed E-state index contributed by atoms with van der Waals surface area (Å²) in [7, 11) is 0. The number of ether oxygens (including phenoxy) is 1. The van der Waals surface area contributed by atoms with E-state index in [1.165, 1.54) is 103 Å². The molecule has 2 aliphatic rings. The van der Waals surface area contributed by atoms with Crippen LogP contribution in [0.1, 0.15) is 110 Å². The summed E-state index contributed by atoms with van der Waals surface area (Å²) in [5.41, 5.74) is 0.535. The molecule has 0 aromatic heterocycles. The molecule has 0 aromatic carbocycles. The number of hydrogen-bond donors (Lipinski definition) is 0. The van der Waals surface area contributed by atoms with Crippen LogP contribution in [0.3, 0.4) is 0 Å². The topological polar surface area (TPSA) is 9.23 Å². The van der Waals surface area contributed by atoms with Gasteiger partial charge in [-0.05, 0) is 37.5 Å². The highest BCUT2D eigenvalue weighted by Crippen LogP contribution is 2.45. The quantitative estimate of drug-likeness (QED) is 0.516. The first-order chi connectivity index (χ1) is 10.4. The summed E-state index contributed by atoms with van der Waals surface area (Å²) in [4.78, 5) is 0. The average Bonchev–Trinajstić information content (AvgIpc) is 2.42. The maximum atomic E-state index is 6.45. The second-order valence-electron chi connectivity index (χ2n) is 7.65. The Bertz CT molecular complexity index is 245. The normalized spacial score (nSPS) is 28.1. The van der Waals surface area contributed by atoms with Crippen molar-refractivity contribution in [2.45, 2.75) is 116 Å². The van der Waals surface area contributed by atoms with E-state index in [0.29, 0.717) is 11.5 Å². The predicted octanol–water partition coefficient (Wildman–Crippen LogP) is 6.65. The Hall–Kier alpha value is -0.0400. The Morgan fingerprint density at radius 1 is 0.810 bits per heavy atom. The molecule has 1 heterocycles. The molecule has 1 aliphatic carbocycles. The van der Waals surface area contributed by atoms with Crippen LogP contribution < -0.4 is 0 Å². The van der Waals surface area contributed by atoms with Crippen LogP contribution in [0.5, 0.6) is 0 Å². The molecular weight excluding hydrogens is 256 g/mol. The van der Waals surface area contributed by atoms with Gasteiger partial charge < -0.3 is 4.74 Å². The molecule has 1 saturated carbocycles. The lowest BCUT2D eigenvalue weighted by Gasteiger charge is -2.43. The van der Waals surface area contributed by atoms with E-state index in [0.717, 1.165) is 6.61 Å². The van der Waals surface area contributed by atoms with E-state index in [1.807, 2.05) is 0 Å². The number of unbranched alkanes of at least 4 members (excludes halogenated alkanes) is 2. The summed E-state index contributed by atoms with van der Waals surface area (Å²) in [6.07, 6.45) is 23.2. The van der Waals surface area contributed by atoms with Crippen LogP contribution in [-0.4, -0.2) is 12.7 Å². The van der Waals surface area contributed by atoms with Crippen molar-refractivity contribution in [1.82, 2.24) is 0 Å². The molecule has 0 amide bonds. The van der Waals surface area contributed by atoms with E-state index in [9.17, 15) is 0 Å². The van der Waals surface area contributed by atoms with Crippen LogP contribution in [0.4, 0.5) is 0 Å². The molecule has 0 N–H and O–H groups in total. The zero-order valence-electron chi connectivity index (χ0n) is 14.5.